The molecule has 1 aromatic rings. The fourth-order valence-corrected chi connectivity index (χ4v) is 5.44. The third-order valence-electron chi connectivity index (χ3n) is 5.13. The van der Waals surface area contributed by atoms with Gasteiger partial charge in [-0.3, -0.25) is 14.1 Å². The van der Waals surface area contributed by atoms with Crippen LogP contribution in [0.15, 0.2) is 41.4 Å². The Balaban J connectivity index is 1.97. The molecular formula is C18H27NO8P2. The summed E-state index contributed by atoms with van der Waals surface area (Å²) in [6, 6.07) is 7.71. The molecule has 1 aliphatic rings. The molecule has 29 heavy (non-hydrogen) atoms. The van der Waals surface area contributed by atoms with Crippen LogP contribution in [0.25, 0.3) is 0 Å². The van der Waals surface area contributed by atoms with Crippen LogP contribution in [0.5, 0.6) is 5.75 Å². The molecule has 9 nitrogen and oxygen atoms in total. The summed E-state index contributed by atoms with van der Waals surface area (Å²) in [4.78, 5) is 41.6. The maximum atomic E-state index is 11.6. The van der Waals surface area contributed by atoms with Gasteiger partial charge in [0.25, 0.3) is 5.08 Å². The molecule has 0 saturated heterocycles. The van der Waals surface area contributed by atoms with E-state index in [4.69, 9.17) is 4.74 Å². The molecule has 0 radical (unpaired) electrons. The lowest BCUT2D eigenvalue weighted by molar-refractivity contribution is 0.116. The van der Waals surface area contributed by atoms with Gasteiger partial charge in [0.15, 0.2) is 0 Å². The number of hydrogen-bond acceptors (Lipinski definition) is 5. The molecule has 1 aromatic carbocycles. The largest absolute Gasteiger partial charge is 0.497 e. The average molecular weight is 447 g/mol. The number of benzene rings is 1. The molecule has 11 heteroatoms. The second kappa shape index (κ2) is 9.23. The van der Waals surface area contributed by atoms with E-state index in [9.17, 15) is 33.8 Å². The van der Waals surface area contributed by atoms with Gasteiger partial charge >= 0.3 is 15.2 Å². The third-order valence-corrected chi connectivity index (χ3v) is 9.01. The zero-order chi connectivity index (χ0) is 21.8. The predicted octanol–water partition coefficient (Wildman–Crippen LogP) is 2.57. The Morgan fingerprint density at radius 3 is 2.14 bits per heavy atom. The fraction of sp³-hybridized carbons (Fsp3) is 0.500. The molecule has 1 unspecified atom stereocenters. The van der Waals surface area contributed by atoms with Crippen LogP contribution in [0.2, 0.25) is 0 Å². The van der Waals surface area contributed by atoms with E-state index >= 15 is 0 Å². The molecule has 2 rings (SSSR count). The van der Waals surface area contributed by atoms with E-state index in [0.29, 0.717) is 6.42 Å². The summed E-state index contributed by atoms with van der Waals surface area (Å²) in [7, 11) is -9.34. The van der Waals surface area contributed by atoms with Crippen LogP contribution in [0, 0.1) is 0 Å². The Labute approximate surface area is 169 Å². The molecule has 5 N–H and O–H groups in total. The highest BCUT2D eigenvalue weighted by Gasteiger charge is 2.59. The Bertz CT molecular complexity index is 806. The lowest BCUT2D eigenvalue weighted by Gasteiger charge is -2.32. The molecular weight excluding hydrogens is 420 g/mol. The Morgan fingerprint density at radius 1 is 1.03 bits per heavy atom. The lowest BCUT2D eigenvalue weighted by Crippen LogP contribution is -2.33. The topological polar surface area (TPSA) is 157 Å². The fourth-order valence-electron chi connectivity index (χ4n) is 3.28. The van der Waals surface area contributed by atoms with Crippen molar-refractivity contribution < 1.29 is 38.5 Å². The van der Waals surface area contributed by atoms with Crippen molar-refractivity contribution in [2.75, 3.05) is 7.11 Å². The van der Waals surface area contributed by atoms with E-state index in [-0.39, 0.29) is 6.42 Å². The van der Waals surface area contributed by atoms with Crippen LogP contribution in [0.4, 0.5) is 0 Å². The van der Waals surface area contributed by atoms with E-state index in [1.54, 1.807) is 19.3 Å². The molecule has 0 fully saturated rings. The van der Waals surface area contributed by atoms with Crippen LogP contribution in [-0.2, 0) is 15.6 Å². The van der Waals surface area contributed by atoms with E-state index in [1.165, 1.54) is 6.21 Å². The molecule has 162 valence electrons. The second-order valence-corrected chi connectivity index (χ2v) is 11.2. The van der Waals surface area contributed by atoms with Crippen LogP contribution in [0.1, 0.15) is 37.7 Å². The van der Waals surface area contributed by atoms with Crippen molar-refractivity contribution in [3.63, 3.8) is 0 Å². The SMILES string of the molecule is COc1ccc(CCCCC2(CCC(O)(P(=O)(O)O)P(=O)(O)O)C=CC=N2)cc1. The van der Waals surface area contributed by atoms with Gasteiger partial charge in [0, 0.05) is 12.6 Å². The molecule has 0 saturated carbocycles. The Hall–Kier alpha value is -1.31. The van der Waals surface area contributed by atoms with Crippen molar-refractivity contribution in [1.29, 1.82) is 0 Å². The summed E-state index contributed by atoms with van der Waals surface area (Å²) >= 11 is 0. The molecule has 0 aliphatic carbocycles. The summed E-state index contributed by atoms with van der Waals surface area (Å²) < 4.78 is 28.2. The van der Waals surface area contributed by atoms with E-state index < -0.39 is 32.2 Å². The molecule has 1 heterocycles. The van der Waals surface area contributed by atoms with E-state index in [1.807, 2.05) is 24.3 Å². The number of hydrogen-bond donors (Lipinski definition) is 5. The number of methoxy groups -OCH3 is 1. The third kappa shape index (κ3) is 5.86. The van der Waals surface area contributed by atoms with Gasteiger partial charge in [0.1, 0.15) is 5.75 Å². The number of nitrogens with zero attached hydrogens (tertiary/aromatic N) is 1. The minimum atomic E-state index is -5.47. The Morgan fingerprint density at radius 2 is 1.66 bits per heavy atom. The highest BCUT2D eigenvalue weighted by Crippen LogP contribution is 2.69. The Kier molecular flexibility index (Phi) is 7.63. The normalized spacial score (nSPS) is 19.7. The zero-order valence-electron chi connectivity index (χ0n) is 16.1. The minimum absolute atomic E-state index is 0.102. The van der Waals surface area contributed by atoms with Gasteiger partial charge < -0.3 is 29.4 Å². The highest BCUT2D eigenvalue weighted by atomic mass is 31.2. The van der Waals surface area contributed by atoms with E-state index in [0.717, 1.165) is 30.6 Å². The monoisotopic (exact) mass is 447 g/mol. The average Bonchev–Trinajstić information content (AvgIpc) is 3.11. The predicted molar refractivity (Wildman–Crippen MR) is 109 cm³/mol. The maximum Gasteiger partial charge on any atom is 0.369 e. The van der Waals surface area contributed by atoms with Crippen molar-refractivity contribution in [2.24, 2.45) is 4.99 Å². The quantitative estimate of drug-likeness (QED) is 0.256. The summed E-state index contributed by atoms with van der Waals surface area (Å²) in [5.74, 6) is 0.778. The van der Waals surface area contributed by atoms with Crippen molar-refractivity contribution in [1.82, 2.24) is 0 Å². The first-order valence-corrected chi connectivity index (χ1v) is 12.3. The number of aliphatic imine (C=N–C) groups is 1. The first kappa shape index (κ1) is 24.0. The molecule has 0 amide bonds. The summed E-state index contributed by atoms with van der Waals surface area (Å²) in [6.45, 7) is 0. The van der Waals surface area contributed by atoms with Gasteiger partial charge in [-0.2, -0.15) is 0 Å². The van der Waals surface area contributed by atoms with Crippen LogP contribution in [-0.4, -0.2) is 48.6 Å². The van der Waals surface area contributed by atoms with Crippen molar-refractivity contribution in [2.45, 2.75) is 49.1 Å². The van der Waals surface area contributed by atoms with E-state index in [2.05, 4.69) is 4.99 Å². The smallest absolute Gasteiger partial charge is 0.369 e. The van der Waals surface area contributed by atoms with Gasteiger partial charge in [-0.05, 0) is 49.5 Å². The molecule has 1 aliphatic heterocycles. The van der Waals surface area contributed by atoms with Gasteiger partial charge in [-0.15, -0.1) is 0 Å². The van der Waals surface area contributed by atoms with Gasteiger partial charge in [0.05, 0.1) is 12.6 Å². The molecule has 0 bridgehead atoms. The molecule has 0 aromatic heterocycles. The minimum Gasteiger partial charge on any atom is -0.497 e. The highest BCUT2D eigenvalue weighted by molar-refractivity contribution is 7.72. The zero-order valence-corrected chi connectivity index (χ0v) is 17.9. The van der Waals surface area contributed by atoms with Crippen molar-refractivity contribution >= 4 is 21.4 Å². The number of unbranched alkanes of at least 4 members (excludes halogenated alkanes) is 1. The first-order chi connectivity index (χ1) is 13.4. The number of aliphatic hydroxyl groups is 1. The number of aryl methyl sites for hydroxylation is 1. The number of ether oxygens (including phenoxy) is 1. The standard InChI is InChI=1S/C18H27NO8P2/c1-27-16-8-6-15(7-9-16)5-2-3-10-17(11-4-14-19-17)12-13-18(20,28(21,22)23)29(24,25)26/h4,6-9,11,14,20H,2-3,5,10,12-13H2,1H3,(H2,21,22,23)(H2,24,25,26). The van der Waals surface area contributed by atoms with Crippen LogP contribution < -0.4 is 4.74 Å². The number of rotatable bonds is 11. The lowest BCUT2D eigenvalue weighted by atomic mass is 9.88. The summed E-state index contributed by atoms with van der Waals surface area (Å²) in [5, 5.41) is 6.70. The van der Waals surface area contributed by atoms with Crippen LogP contribution in [0.3, 0.4) is 0 Å². The maximum absolute atomic E-state index is 11.6. The van der Waals surface area contributed by atoms with Gasteiger partial charge in [-0.25, -0.2) is 0 Å². The van der Waals surface area contributed by atoms with Crippen LogP contribution >= 0.6 is 15.2 Å². The summed E-state index contributed by atoms with van der Waals surface area (Å²) in [6.07, 6.45) is 6.99. The number of allylic oxidation sites excluding steroid dienone is 1. The first-order valence-electron chi connectivity index (χ1n) is 9.12. The van der Waals surface area contributed by atoms with Gasteiger partial charge in [-0.1, -0.05) is 24.6 Å². The molecule has 0 spiro atoms. The van der Waals surface area contributed by atoms with Gasteiger partial charge in [0.2, 0.25) is 0 Å². The molecule has 1 atom stereocenters. The summed E-state index contributed by atoms with van der Waals surface area (Å²) in [5.41, 5.74) is 0.292. The van der Waals surface area contributed by atoms with Crippen molar-refractivity contribution in [3.8, 4) is 5.75 Å². The second-order valence-electron chi connectivity index (χ2n) is 7.16. The van der Waals surface area contributed by atoms with Crippen molar-refractivity contribution in [3.05, 3.63) is 42.0 Å².